The smallest absolute Gasteiger partial charge is 0.228 e. The van der Waals surface area contributed by atoms with E-state index in [1.807, 2.05) is 58.8 Å². The number of methoxy groups -OCH3 is 1. The van der Waals surface area contributed by atoms with E-state index in [9.17, 15) is 4.79 Å². The Balaban J connectivity index is 1.31. The Morgan fingerprint density at radius 1 is 1.13 bits per heavy atom. The van der Waals surface area contributed by atoms with E-state index < -0.39 is 0 Å². The molecule has 3 aromatic rings. The molecule has 30 heavy (non-hydrogen) atoms. The van der Waals surface area contributed by atoms with Crippen LogP contribution in [-0.4, -0.2) is 54.0 Å². The number of hydrogen-bond donors (Lipinski definition) is 0. The van der Waals surface area contributed by atoms with E-state index in [4.69, 9.17) is 16.3 Å². The summed E-state index contributed by atoms with van der Waals surface area (Å²) in [6.45, 7) is 3.86. The van der Waals surface area contributed by atoms with E-state index in [1.54, 1.807) is 18.4 Å². The van der Waals surface area contributed by atoms with E-state index in [0.717, 1.165) is 60.3 Å². The van der Waals surface area contributed by atoms with Crippen molar-refractivity contribution in [2.75, 3.05) is 33.3 Å². The minimum absolute atomic E-state index is 0.139. The van der Waals surface area contributed by atoms with Gasteiger partial charge in [-0.2, -0.15) is 0 Å². The van der Waals surface area contributed by atoms with Gasteiger partial charge in [0.1, 0.15) is 10.8 Å². The third-order valence-corrected chi connectivity index (χ3v) is 6.44. The minimum atomic E-state index is 0.139. The number of halogens is 1. The molecule has 7 heteroatoms. The lowest BCUT2D eigenvalue weighted by atomic mass is 10.1. The fraction of sp³-hybridized carbons (Fsp3) is 0.304. The Bertz CT molecular complexity index is 1000. The van der Waals surface area contributed by atoms with E-state index in [-0.39, 0.29) is 5.91 Å². The van der Waals surface area contributed by atoms with E-state index in [1.165, 1.54) is 0 Å². The van der Waals surface area contributed by atoms with Gasteiger partial charge in [0.25, 0.3) is 0 Å². The van der Waals surface area contributed by atoms with Gasteiger partial charge in [-0.3, -0.25) is 9.69 Å². The number of nitrogens with zero attached hydrogens (tertiary/aromatic N) is 3. The number of carbonyl (C=O) groups is 1. The number of rotatable bonds is 6. The van der Waals surface area contributed by atoms with Crippen LogP contribution in [0.25, 0.3) is 10.6 Å². The van der Waals surface area contributed by atoms with Crippen molar-refractivity contribution in [2.45, 2.75) is 13.0 Å². The lowest BCUT2D eigenvalue weighted by molar-refractivity contribution is -0.132. The summed E-state index contributed by atoms with van der Waals surface area (Å²) in [5.41, 5.74) is 3.00. The summed E-state index contributed by atoms with van der Waals surface area (Å²) >= 11 is 7.73. The van der Waals surface area contributed by atoms with Crippen molar-refractivity contribution in [1.29, 1.82) is 0 Å². The van der Waals surface area contributed by atoms with E-state index in [2.05, 4.69) is 9.88 Å². The van der Waals surface area contributed by atoms with Crippen LogP contribution in [0.3, 0.4) is 0 Å². The second-order valence-electron chi connectivity index (χ2n) is 7.30. The molecule has 1 fully saturated rings. The van der Waals surface area contributed by atoms with Crippen molar-refractivity contribution < 1.29 is 9.53 Å². The molecule has 1 aromatic heterocycles. The second-order valence-corrected chi connectivity index (χ2v) is 8.59. The van der Waals surface area contributed by atoms with Crippen LogP contribution >= 0.6 is 22.9 Å². The molecule has 0 radical (unpaired) electrons. The number of aromatic nitrogens is 1. The highest BCUT2D eigenvalue weighted by Gasteiger charge is 2.22. The fourth-order valence-corrected chi connectivity index (χ4v) is 4.66. The summed E-state index contributed by atoms with van der Waals surface area (Å²) in [5, 5.41) is 3.65. The standard InChI is InChI=1S/C23H24ClN3O2S/c1-29-21-8-7-19(24)13-18(21)15-26-9-11-27(12-10-26)22(28)14-20-16-30-23(25-20)17-5-3-2-4-6-17/h2-8,13,16H,9-12,14-15H2,1H3. The van der Waals surface area contributed by atoms with E-state index in [0.29, 0.717) is 11.4 Å². The molecule has 0 atom stereocenters. The number of benzene rings is 2. The molecule has 0 saturated carbocycles. The molecule has 0 unspecified atom stereocenters. The Morgan fingerprint density at radius 3 is 2.63 bits per heavy atom. The lowest BCUT2D eigenvalue weighted by Gasteiger charge is -2.35. The normalized spacial score (nSPS) is 14.7. The van der Waals surface area contributed by atoms with Crippen LogP contribution in [0.15, 0.2) is 53.9 Å². The quantitative estimate of drug-likeness (QED) is 0.570. The van der Waals surface area contributed by atoms with Gasteiger partial charge in [0.05, 0.1) is 19.2 Å². The van der Waals surface area contributed by atoms with Crippen molar-refractivity contribution in [1.82, 2.24) is 14.8 Å². The summed E-state index contributed by atoms with van der Waals surface area (Å²) in [4.78, 5) is 21.7. The molecule has 1 aliphatic heterocycles. The SMILES string of the molecule is COc1ccc(Cl)cc1CN1CCN(C(=O)Cc2csc(-c3ccccc3)n2)CC1. The number of carbonyl (C=O) groups excluding carboxylic acids is 1. The van der Waals surface area contributed by atoms with Gasteiger partial charge in [-0.1, -0.05) is 41.9 Å². The first-order valence-electron chi connectivity index (χ1n) is 9.95. The first kappa shape index (κ1) is 20.8. The molecule has 2 heterocycles. The molecular formula is C23H24ClN3O2S. The van der Waals surface area contributed by atoms with Crippen LogP contribution in [0.5, 0.6) is 5.75 Å². The molecule has 5 nitrogen and oxygen atoms in total. The van der Waals surface area contributed by atoms with Crippen LogP contribution in [-0.2, 0) is 17.8 Å². The van der Waals surface area contributed by atoms with Crippen LogP contribution in [0, 0.1) is 0 Å². The third-order valence-electron chi connectivity index (χ3n) is 5.27. The zero-order chi connectivity index (χ0) is 20.9. The highest BCUT2D eigenvalue weighted by atomic mass is 35.5. The number of piperazine rings is 1. The van der Waals surface area contributed by atoms with Crippen molar-refractivity contribution in [3.63, 3.8) is 0 Å². The summed E-state index contributed by atoms with van der Waals surface area (Å²) in [7, 11) is 1.67. The van der Waals surface area contributed by atoms with Crippen molar-refractivity contribution in [2.24, 2.45) is 0 Å². The highest BCUT2D eigenvalue weighted by Crippen LogP contribution is 2.25. The number of hydrogen-bond acceptors (Lipinski definition) is 5. The van der Waals surface area contributed by atoms with Gasteiger partial charge in [-0.05, 0) is 18.2 Å². The van der Waals surface area contributed by atoms with Crippen molar-refractivity contribution >= 4 is 28.8 Å². The molecule has 2 aromatic carbocycles. The van der Waals surface area contributed by atoms with Gasteiger partial charge < -0.3 is 9.64 Å². The minimum Gasteiger partial charge on any atom is -0.496 e. The van der Waals surface area contributed by atoms with Gasteiger partial charge in [0.15, 0.2) is 0 Å². The topological polar surface area (TPSA) is 45.7 Å². The van der Waals surface area contributed by atoms with Crippen LogP contribution in [0.4, 0.5) is 0 Å². The average Bonchev–Trinajstić information content (AvgIpc) is 3.23. The van der Waals surface area contributed by atoms with E-state index >= 15 is 0 Å². The summed E-state index contributed by atoms with van der Waals surface area (Å²) in [6.07, 6.45) is 0.353. The molecule has 0 spiro atoms. The van der Waals surface area contributed by atoms with Gasteiger partial charge in [-0.25, -0.2) is 4.98 Å². The molecule has 1 saturated heterocycles. The van der Waals surface area contributed by atoms with Gasteiger partial charge in [0.2, 0.25) is 5.91 Å². The predicted octanol–water partition coefficient (Wildman–Crippen LogP) is 4.36. The zero-order valence-corrected chi connectivity index (χ0v) is 18.5. The molecule has 0 aliphatic carbocycles. The highest BCUT2D eigenvalue weighted by molar-refractivity contribution is 7.13. The predicted molar refractivity (Wildman–Crippen MR) is 121 cm³/mol. The molecule has 4 rings (SSSR count). The number of thiazole rings is 1. The second kappa shape index (κ2) is 9.60. The molecule has 1 amide bonds. The maximum atomic E-state index is 12.8. The van der Waals surface area contributed by atoms with Crippen LogP contribution < -0.4 is 4.74 Å². The van der Waals surface area contributed by atoms with Gasteiger partial charge >= 0.3 is 0 Å². The zero-order valence-electron chi connectivity index (χ0n) is 16.9. The molecule has 0 bridgehead atoms. The van der Waals surface area contributed by atoms with Gasteiger partial charge in [0, 0.05) is 54.3 Å². The first-order chi connectivity index (χ1) is 14.6. The third kappa shape index (κ3) is 5.01. The molecule has 1 aliphatic rings. The average molecular weight is 442 g/mol. The largest absolute Gasteiger partial charge is 0.496 e. The fourth-order valence-electron chi connectivity index (χ4n) is 3.64. The number of ether oxygens (including phenoxy) is 1. The van der Waals surface area contributed by atoms with Crippen molar-refractivity contribution in [3.05, 3.63) is 70.2 Å². The maximum absolute atomic E-state index is 12.8. The maximum Gasteiger partial charge on any atom is 0.228 e. The summed E-state index contributed by atoms with van der Waals surface area (Å²) in [6, 6.07) is 15.8. The molecule has 0 N–H and O–H groups in total. The Labute approximate surface area is 185 Å². The Hall–Kier alpha value is -2.41. The van der Waals surface area contributed by atoms with Crippen LogP contribution in [0.1, 0.15) is 11.3 Å². The van der Waals surface area contributed by atoms with Crippen LogP contribution in [0.2, 0.25) is 5.02 Å². The summed E-state index contributed by atoms with van der Waals surface area (Å²) < 4.78 is 5.45. The monoisotopic (exact) mass is 441 g/mol. The first-order valence-corrected chi connectivity index (χ1v) is 11.2. The molecule has 156 valence electrons. The number of amides is 1. The Morgan fingerprint density at radius 2 is 1.90 bits per heavy atom. The Kier molecular flexibility index (Phi) is 6.67. The lowest BCUT2D eigenvalue weighted by Crippen LogP contribution is -2.48. The van der Waals surface area contributed by atoms with Gasteiger partial charge in [-0.15, -0.1) is 11.3 Å². The summed E-state index contributed by atoms with van der Waals surface area (Å²) in [5.74, 6) is 0.982. The van der Waals surface area contributed by atoms with Crippen molar-refractivity contribution in [3.8, 4) is 16.3 Å². The molecular weight excluding hydrogens is 418 g/mol.